The number of hydrogen-bond donors (Lipinski definition) is 1. The SMILES string of the molecule is Cc1nc(Cn2ccc(NC=S)n2)cs1. The second kappa shape index (κ2) is 4.50. The lowest BCUT2D eigenvalue weighted by molar-refractivity contribution is 0.678. The van der Waals surface area contributed by atoms with Crippen LogP contribution in [-0.2, 0) is 6.54 Å². The minimum absolute atomic E-state index is 0.698. The Morgan fingerprint density at radius 1 is 1.67 bits per heavy atom. The van der Waals surface area contributed by atoms with E-state index in [4.69, 9.17) is 0 Å². The van der Waals surface area contributed by atoms with Gasteiger partial charge < -0.3 is 5.32 Å². The van der Waals surface area contributed by atoms with Crippen LogP contribution in [0.15, 0.2) is 17.6 Å². The van der Waals surface area contributed by atoms with Crippen molar-refractivity contribution in [2.45, 2.75) is 13.5 Å². The third-order valence-corrected chi connectivity index (χ3v) is 2.78. The fourth-order valence-electron chi connectivity index (χ4n) is 1.23. The van der Waals surface area contributed by atoms with Crippen LogP contribution < -0.4 is 5.32 Å². The van der Waals surface area contributed by atoms with E-state index in [-0.39, 0.29) is 0 Å². The zero-order valence-corrected chi connectivity index (χ0v) is 9.81. The lowest BCUT2D eigenvalue weighted by Crippen LogP contribution is -2.02. The van der Waals surface area contributed by atoms with Crippen molar-refractivity contribution in [2.75, 3.05) is 5.32 Å². The highest BCUT2D eigenvalue weighted by Gasteiger charge is 2.01. The third kappa shape index (κ3) is 2.60. The predicted octanol–water partition coefficient (Wildman–Crippen LogP) is 2.07. The summed E-state index contributed by atoms with van der Waals surface area (Å²) in [7, 11) is 0. The molecule has 0 aliphatic carbocycles. The van der Waals surface area contributed by atoms with Crippen LogP contribution in [0.25, 0.3) is 0 Å². The van der Waals surface area contributed by atoms with E-state index in [9.17, 15) is 0 Å². The van der Waals surface area contributed by atoms with Crippen LogP contribution in [0.3, 0.4) is 0 Å². The molecule has 0 aliphatic heterocycles. The zero-order valence-electron chi connectivity index (χ0n) is 8.17. The van der Waals surface area contributed by atoms with Crippen molar-refractivity contribution in [1.29, 1.82) is 0 Å². The molecule has 2 rings (SSSR count). The monoisotopic (exact) mass is 238 g/mol. The number of nitrogens with one attached hydrogen (secondary N) is 1. The summed E-state index contributed by atoms with van der Waals surface area (Å²) in [6.07, 6.45) is 1.90. The average molecular weight is 238 g/mol. The number of thiocarbonyl (C=S) groups is 1. The second-order valence-electron chi connectivity index (χ2n) is 3.02. The molecule has 1 N–H and O–H groups in total. The molecule has 0 aromatic carbocycles. The van der Waals surface area contributed by atoms with Crippen molar-refractivity contribution in [1.82, 2.24) is 14.8 Å². The van der Waals surface area contributed by atoms with Crippen molar-refractivity contribution in [3.8, 4) is 0 Å². The summed E-state index contributed by atoms with van der Waals surface area (Å²) in [6.45, 7) is 2.69. The van der Waals surface area contributed by atoms with E-state index < -0.39 is 0 Å². The minimum atomic E-state index is 0.698. The van der Waals surface area contributed by atoms with Crippen molar-refractivity contribution in [2.24, 2.45) is 0 Å². The molecule has 78 valence electrons. The van der Waals surface area contributed by atoms with Gasteiger partial charge in [-0.15, -0.1) is 11.3 Å². The highest BCUT2D eigenvalue weighted by molar-refractivity contribution is 7.79. The Kier molecular flexibility index (Phi) is 3.08. The van der Waals surface area contributed by atoms with E-state index in [0.29, 0.717) is 6.54 Å². The fourth-order valence-corrected chi connectivity index (χ4v) is 1.96. The molecule has 2 aromatic rings. The summed E-state index contributed by atoms with van der Waals surface area (Å²) in [5, 5.41) is 10.3. The Morgan fingerprint density at radius 3 is 3.20 bits per heavy atom. The van der Waals surface area contributed by atoms with E-state index >= 15 is 0 Å². The number of aromatic nitrogens is 3. The molecule has 0 bridgehead atoms. The van der Waals surface area contributed by atoms with E-state index in [1.807, 2.05) is 29.2 Å². The molecule has 0 spiro atoms. The summed E-state index contributed by atoms with van der Waals surface area (Å²) in [6, 6.07) is 1.88. The molecule has 0 radical (unpaired) electrons. The van der Waals surface area contributed by atoms with Gasteiger partial charge in [0.15, 0.2) is 5.82 Å². The van der Waals surface area contributed by atoms with E-state index in [1.54, 1.807) is 11.3 Å². The molecule has 0 atom stereocenters. The molecular weight excluding hydrogens is 228 g/mol. The van der Waals surface area contributed by atoms with E-state index in [0.717, 1.165) is 16.5 Å². The van der Waals surface area contributed by atoms with Gasteiger partial charge >= 0.3 is 0 Å². The standard InChI is InChI=1S/C9H10N4S2/c1-7-11-8(5-15-7)4-13-3-2-9(12-13)10-6-14/h2-3,5-6H,4H2,1H3,(H,10,12,14). The van der Waals surface area contributed by atoms with Crippen LogP contribution in [0.2, 0.25) is 0 Å². The first-order valence-electron chi connectivity index (χ1n) is 4.42. The van der Waals surface area contributed by atoms with Crippen LogP contribution >= 0.6 is 23.6 Å². The quantitative estimate of drug-likeness (QED) is 0.828. The van der Waals surface area contributed by atoms with Crippen molar-refractivity contribution in [3.05, 3.63) is 28.3 Å². The minimum Gasteiger partial charge on any atom is -0.336 e. The number of thiazole rings is 1. The molecule has 6 heteroatoms. The van der Waals surface area contributed by atoms with Crippen molar-refractivity contribution >= 4 is 34.9 Å². The Balaban J connectivity index is 2.07. The first kappa shape index (κ1) is 10.3. The Labute approximate surface area is 97.0 Å². The molecule has 2 heterocycles. The van der Waals surface area contributed by atoms with Gasteiger partial charge in [-0.1, -0.05) is 12.2 Å². The van der Waals surface area contributed by atoms with Crippen LogP contribution in [0.1, 0.15) is 10.7 Å². The summed E-state index contributed by atoms with van der Waals surface area (Å²) >= 11 is 6.33. The first-order chi connectivity index (χ1) is 7.28. The Bertz CT molecular complexity index is 460. The maximum absolute atomic E-state index is 4.68. The highest BCUT2D eigenvalue weighted by atomic mass is 32.1. The van der Waals surface area contributed by atoms with Crippen LogP contribution in [0.5, 0.6) is 0 Å². The molecular formula is C9H10N4S2. The third-order valence-electron chi connectivity index (χ3n) is 1.84. The summed E-state index contributed by atoms with van der Waals surface area (Å²) in [5.74, 6) is 0.761. The van der Waals surface area contributed by atoms with Gasteiger partial charge in [-0.2, -0.15) is 5.10 Å². The molecule has 4 nitrogen and oxygen atoms in total. The van der Waals surface area contributed by atoms with E-state index in [2.05, 4.69) is 27.6 Å². The van der Waals surface area contributed by atoms with Gasteiger partial charge in [0, 0.05) is 17.6 Å². The second-order valence-corrected chi connectivity index (χ2v) is 4.32. The van der Waals surface area contributed by atoms with Crippen LogP contribution in [-0.4, -0.2) is 20.3 Å². The topological polar surface area (TPSA) is 42.7 Å². The molecule has 0 saturated heterocycles. The number of nitrogens with zero attached hydrogens (tertiary/aromatic N) is 3. The van der Waals surface area contributed by atoms with Gasteiger partial charge in [0.05, 0.1) is 22.7 Å². The number of hydrogen-bond acceptors (Lipinski definition) is 4. The van der Waals surface area contributed by atoms with E-state index in [1.165, 1.54) is 5.49 Å². The molecule has 2 aromatic heterocycles. The maximum atomic E-state index is 4.68. The van der Waals surface area contributed by atoms with Gasteiger partial charge in [0.1, 0.15) is 0 Å². The smallest absolute Gasteiger partial charge is 0.152 e. The number of aryl methyl sites for hydroxylation is 1. The van der Waals surface area contributed by atoms with Crippen LogP contribution in [0, 0.1) is 6.92 Å². The fraction of sp³-hybridized carbons (Fsp3) is 0.222. The van der Waals surface area contributed by atoms with Gasteiger partial charge in [-0.05, 0) is 6.92 Å². The van der Waals surface area contributed by atoms with Gasteiger partial charge in [-0.25, -0.2) is 4.98 Å². The average Bonchev–Trinajstić information content (AvgIpc) is 2.78. The molecule has 0 amide bonds. The zero-order chi connectivity index (χ0) is 10.7. The van der Waals surface area contributed by atoms with Crippen LogP contribution in [0.4, 0.5) is 5.82 Å². The summed E-state index contributed by atoms with van der Waals surface area (Å²) < 4.78 is 1.83. The molecule has 0 fully saturated rings. The van der Waals surface area contributed by atoms with Gasteiger partial charge in [0.25, 0.3) is 0 Å². The van der Waals surface area contributed by atoms with Crippen molar-refractivity contribution < 1.29 is 0 Å². The molecule has 0 aliphatic rings. The van der Waals surface area contributed by atoms with Gasteiger partial charge in [0.2, 0.25) is 0 Å². The lowest BCUT2D eigenvalue weighted by atomic mass is 10.5. The van der Waals surface area contributed by atoms with Crippen molar-refractivity contribution in [3.63, 3.8) is 0 Å². The summed E-state index contributed by atoms with van der Waals surface area (Å²) in [5.41, 5.74) is 2.48. The summed E-state index contributed by atoms with van der Waals surface area (Å²) in [4.78, 5) is 4.37. The number of anilines is 1. The number of rotatable bonds is 4. The first-order valence-corrected chi connectivity index (χ1v) is 5.77. The Morgan fingerprint density at radius 2 is 2.53 bits per heavy atom. The molecule has 0 saturated carbocycles. The van der Waals surface area contributed by atoms with Gasteiger partial charge in [-0.3, -0.25) is 4.68 Å². The normalized spacial score (nSPS) is 10.2. The Hall–Kier alpha value is -1.27. The largest absolute Gasteiger partial charge is 0.336 e. The molecule has 0 unspecified atom stereocenters. The molecule has 15 heavy (non-hydrogen) atoms. The maximum Gasteiger partial charge on any atom is 0.152 e. The highest BCUT2D eigenvalue weighted by Crippen LogP contribution is 2.10. The predicted molar refractivity (Wildman–Crippen MR) is 65.5 cm³/mol. The lowest BCUT2D eigenvalue weighted by Gasteiger charge is -1.96.